The predicted molar refractivity (Wildman–Crippen MR) is 66.2 cm³/mol. The van der Waals surface area contributed by atoms with E-state index < -0.39 is 0 Å². The molecule has 2 fully saturated rings. The molecule has 0 spiro atoms. The molecule has 2 rings (SSSR count). The van der Waals surface area contributed by atoms with E-state index >= 15 is 0 Å². The molecular formula is C13H26N2O. The summed E-state index contributed by atoms with van der Waals surface area (Å²) in [5.74, 6) is 0. The number of rotatable bonds is 4. The number of piperidine rings is 1. The van der Waals surface area contributed by atoms with Gasteiger partial charge >= 0.3 is 0 Å². The van der Waals surface area contributed by atoms with Gasteiger partial charge in [-0.05, 0) is 46.5 Å². The average Bonchev–Trinajstić information content (AvgIpc) is 2.19. The first kappa shape index (κ1) is 12.3. The monoisotopic (exact) mass is 226 g/mol. The molecule has 0 aromatic heterocycles. The number of nitrogens with zero attached hydrogens (tertiary/aromatic N) is 1. The summed E-state index contributed by atoms with van der Waals surface area (Å²) in [7, 11) is 0. The summed E-state index contributed by atoms with van der Waals surface area (Å²) in [6, 6.07) is 2.03. The van der Waals surface area contributed by atoms with Crippen molar-refractivity contribution >= 4 is 0 Å². The summed E-state index contributed by atoms with van der Waals surface area (Å²) in [5.41, 5.74) is 3.70. The van der Waals surface area contributed by atoms with Crippen LogP contribution in [0.4, 0.5) is 0 Å². The molecule has 1 N–H and O–H groups in total. The van der Waals surface area contributed by atoms with Crippen molar-refractivity contribution in [3.05, 3.63) is 0 Å². The fourth-order valence-corrected chi connectivity index (χ4v) is 2.93. The molecule has 1 aliphatic heterocycles. The lowest BCUT2D eigenvalue weighted by Crippen LogP contribution is -2.59. The number of hydrogen-bond acceptors (Lipinski definition) is 3. The van der Waals surface area contributed by atoms with Gasteiger partial charge in [0.25, 0.3) is 0 Å². The Hall–Kier alpha value is -0.120. The van der Waals surface area contributed by atoms with E-state index in [1.807, 2.05) is 0 Å². The van der Waals surface area contributed by atoms with Crippen molar-refractivity contribution in [2.75, 3.05) is 6.61 Å². The number of nitrogens with one attached hydrogen (secondary N) is 1. The van der Waals surface area contributed by atoms with E-state index in [0.29, 0.717) is 24.2 Å². The maximum absolute atomic E-state index is 5.59. The second-order valence-electron chi connectivity index (χ2n) is 5.41. The van der Waals surface area contributed by atoms with Crippen LogP contribution in [-0.4, -0.2) is 35.8 Å². The van der Waals surface area contributed by atoms with E-state index in [-0.39, 0.29) is 0 Å². The van der Waals surface area contributed by atoms with E-state index in [0.717, 1.165) is 6.61 Å². The SMILES string of the molecule is CCOC1CC(NN2C(C)CCCC2C)C1. The largest absolute Gasteiger partial charge is 0.378 e. The van der Waals surface area contributed by atoms with Crippen LogP contribution in [0.3, 0.4) is 0 Å². The van der Waals surface area contributed by atoms with Crippen molar-refractivity contribution in [2.24, 2.45) is 0 Å². The molecule has 0 bridgehead atoms. The minimum atomic E-state index is 0.512. The fourth-order valence-electron chi connectivity index (χ4n) is 2.93. The van der Waals surface area contributed by atoms with Crippen LogP contribution in [0, 0.1) is 0 Å². The molecule has 1 aliphatic carbocycles. The van der Waals surface area contributed by atoms with Gasteiger partial charge in [-0.1, -0.05) is 6.42 Å². The van der Waals surface area contributed by atoms with Gasteiger partial charge in [0.1, 0.15) is 0 Å². The summed E-state index contributed by atoms with van der Waals surface area (Å²) in [5, 5.41) is 2.48. The Morgan fingerprint density at radius 3 is 2.38 bits per heavy atom. The highest BCUT2D eigenvalue weighted by atomic mass is 16.5. The highest BCUT2D eigenvalue weighted by molar-refractivity contribution is 4.87. The lowest BCUT2D eigenvalue weighted by molar-refractivity contribution is -0.0529. The minimum Gasteiger partial charge on any atom is -0.378 e. The van der Waals surface area contributed by atoms with Gasteiger partial charge in [0.05, 0.1) is 6.10 Å². The molecule has 3 heteroatoms. The van der Waals surface area contributed by atoms with Gasteiger partial charge in [-0.3, -0.25) is 5.43 Å². The third kappa shape index (κ3) is 2.76. The average molecular weight is 226 g/mol. The quantitative estimate of drug-likeness (QED) is 0.796. The third-order valence-corrected chi connectivity index (χ3v) is 4.02. The first-order valence-corrected chi connectivity index (χ1v) is 6.86. The Bertz CT molecular complexity index is 206. The van der Waals surface area contributed by atoms with Gasteiger partial charge in [-0.15, -0.1) is 0 Å². The second kappa shape index (κ2) is 5.48. The second-order valence-corrected chi connectivity index (χ2v) is 5.41. The van der Waals surface area contributed by atoms with E-state index in [2.05, 4.69) is 31.2 Å². The van der Waals surface area contributed by atoms with Crippen molar-refractivity contribution in [1.82, 2.24) is 10.4 Å². The van der Waals surface area contributed by atoms with Crippen molar-refractivity contribution in [2.45, 2.75) is 77.1 Å². The Balaban J connectivity index is 1.73. The molecule has 1 heterocycles. The summed E-state index contributed by atoms with van der Waals surface area (Å²) >= 11 is 0. The van der Waals surface area contributed by atoms with Crippen molar-refractivity contribution in [1.29, 1.82) is 0 Å². The minimum absolute atomic E-state index is 0.512. The first-order valence-electron chi connectivity index (χ1n) is 6.86. The number of hydrazine groups is 1. The lowest BCUT2D eigenvalue weighted by Gasteiger charge is -2.45. The van der Waals surface area contributed by atoms with Gasteiger partial charge in [-0.25, -0.2) is 5.01 Å². The van der Waals surface area contributed by atoms with Crippen LogP contribution >= 0.6 is 0 Å². The molecule has 0 amide bonds. The first-order chi connectivity index (χ1) is 7.70. The molecule has 94 valence electrons. The molecular weight excluding hydrogens is 200 g/mol. The van der Waals surface area contributed by atoms with E-state index in [4.69, 9.17) is 4.74 Å². The smallest absolute Gasteiger partial charge is 0.0605 e. The summed E-state index contributed by atoms with van der Waals surface area (Å²) in [6.45, 7) is 7.60. The maximum Gasteiger partial charge on any atom is 0.0605 e. The van der Waals surface area contributed by atoms with E-state index in [1.165, 1.54) is 32.1 Å². The maximum atomic E-state index is 5.59. The Labute approximate surface area is 99.5 Å². The Morgan fingerprint density at radius 2 is 1.81 bits per heavy atom. The molecule has 1 saturated heterocycles. The Morgan fingerprint density at radius 1 is 1.19 bits per heavy atom. The third-order valence-electron chi connectivity index (χ3n) is 4.02. The van der Waals surface area contributed by atoms with Gasteiger partial charge in [0.2, 0.25) is 0 Å². The standard InChI is InChI=1S/C13H26N2O/c1-4-16-13-8-12(9-13)14-15-10(2)6-5-7-11(15)3/h10-14H,4-9H2,1-3H3. The van der Waals surface area contributed by atoms with Crippen molar-refractivity contribution in [3.8, 4) is 0 Å². The zero-order valence-corrected chi connectivity index (χ0v) is 10.9. The van der Waals surface area contributed by atoms with Crippen molar-refractivity contribution < 1.29 is 4.74 Å². The number of hydrogen-bond donors (Lipinski definition) is 1. The normalized spacial score (nSPS) is 40.7. The van der Waals surface area contributed by atoms with Gasteiger partial charge < -0.3 is 4.74 Å². The molecule has 0 radical (unpaired) electrons. The lowest BCUT2D eigenvalue weighted by atomic mass is 9.89. The molecule has 2 unspecified atom stereocenters. The molecule has 2 atom stereocenters. The molecule has 0 aromatic rings. The van der Waals surface area contributed by atoms with Crippen LogP contribution in [0.5, 0.6) is 0 Å². The molecule has 1 saturated carbocycles. The Kier molecular flexibility index (Phi) is 4.22. The van der Waals surface area contributed by atoms with Crippen LogP contribution in [0.2, 0.25) is 0 Å². The molecule has 2 aliphatic rings. The summed E-state index contributed by atoms with van der Waals surface area (Å²) in [6.07, 6.45) is 6.93. The van der Waals surface area contributed by atoms with Gasteiger partial charge in [-0.2, -0.15) is 0 Å². The highest BCUT2D eigenvalue weighted by Crippen LogP contribution is 2.27. The van der Waals surface area contributed by atoms with Crippen LogP contribution in [-0.2, 0) is 4.74 Å². The highest BCUT2D eigenvalue weighted by Gasteiger charge is 2.33. The molecule has 0 aromatic carbocycles. The van der Waals surface area contributed by atoms with Crippen LogP contribution < -0.4 is 5.43 Å². The number of ether oxygens (including phenoxy) is 1. The summed E-state index contributed by atoms with van der Waals surface area (Å²) < 4.78 is 5.59. The van der Waals surface area contributed by atoms with Gasteiger partial charge in [0, 0.05) is 24.7 Å². The molecule has 3 nitrogen and oxygen atoms in total. The summed E-state index contributed by atoms with van der Waals surface area (Å²) in [4.78, 5) is 0. The van der Waals surface area contributed by atoms with Crippen LogP contribution in [0.15, 0.2) is 0 Å². The van der Waals surface area contributed by atoms with Gasteiger partial charge in [0.15, 0.2) is 0 Å². The van der Waals surface area contributed by atoms with Crippen molar-refractivity contribution in [3.63, 3.8) is 0 Å². The van der Waals surface area contributed by atoms with Crippen LogP contribution in [0.1, 0.15) is 52.9 Å². The van der Waals surface area contributed by atoms with E-state index in [1.54, 1.807) is 0 Å². The zero-order valence-electron chi connectivity index (χ0n) is 10.9. The zero-order chi connectivity index (χ0) is 11.5. The fraction of sp³-hybridized carbons (Fsp3) is 1.00. The topological polar surface area (TPSA) is 24.5 Å². The van der Waals surface area contributed by atoms with Crippen LogP contribution in [0.25, 0.3) is 0 Å². The van der Waals surface area contributed by atoms with E-state index in [9.17, 15) is 0 Å². The molecule has 16 heavy (non-hydrogen) atoms. The predicted octanol–water partition coefficient (Wildman–Crippen LogP) is 2.32.